The molecule has 2 aromatic rings. The van der Waals surface area contributed by atoms with E-state index in [1.54, 1.807) is 18.5 Å². The molecule has 160 valence electrons. The first-order valence-electron chi connectivity index (χ1n) is 9.91. The van der Waals surface area contributed by atoms with Crippen LogP contribution in [0, 0.1) is 5.92 Å². The molecule has 1 saturated carbocycles. The summed E-state index contributed by atoms with van der Waals surface area (Å²) in [5.74, 6) is -3.12. The Kier molecular flexibility index (Phi) is 5.59. The lowest BCUT2D eigenvalue weighted by molar-refractivity contribution is -0.193. The molecule has 4 rings (SSSR count). The van der Waals surface area contributed by atoms with Crippen LogP contribution in [-0.2, 0) is 28.9 Å². The van der Waals surface area contributed by atoms with E-state index in [0.717, 1.165) is 23.6 Å². The van der Waals surface area contributed by atoms with Crippen LogP contribution in [0.1, 0.15) is 40.9 Å². The fourth-order valence-corrected chi connectivity index (χ4v) is 3.63. The lowest BCUT2D eigenvalue weighted by atomic mass is 9.90. The van der Waals surface area contributed by atoms with Crippen LogP contribution in [0.2, 0.25) is 0 Å². The minimum absolute atomic E-state index is 0.0905. The van der Waals surface area contributed by atoms with Crippen molar-refractivity contribution < 1.29 is 27.5 Å². The largest absolute Gasteiger partial charge is 0.491 e. The molecule has 0 radical (unpaired) electrons. The number of carbonyl (C=O) groups excluding carboxylic acids is 2. The molecule has 0 aromatic carbocycles. The van der Waals surface area contributed by atoms with E-state index in [-0.39, 0.29) is 5.69 Å². The van der Waals surface area contributed by atoms with Gasteiger partial charge in [0, 0.05) is 30.1 Å². The Balaban J connectivity index is 1.58. The topological polar surface area (TPSA) is 86.1 Å². The molecule has 2 aliphatic carbocycles. The summed E-state index contributed by atoms with van der Waals surface area (Å²) in [5.41, 5.74) is 2.67. The number of halogens is 3. The number of aromatic nitrogens is 3. The predicted octanol–water partition coefficient (Wildman–Crippen LogP) is 2.68. The van der Waals surface area contributed by atoms with Crippen molar-refractivity contribution in [2.45, 2.75) is 44.8 Å². The minimum Gasteiger partial charge on any atom is -0.381 e. The highest BCUT2D eigenvalue weighted by Crippen LogP contribution is 2.34. The van der Waals surface area contributed by atoms with Crippen LogP contribution in [0.25, 0.3) is 11.3 Å². The predicted molar refractivity (Wildman–Crippen MR) is 99.6 cm³/mol. The maximum atomic E-state index is 12.6. The Morgan fingerprint density at radius 1 is 1.27 bits per heavy atom. The van der Waals surface area contributed by atoms with Gasteiger partial charge in [0.05, 0.1) is 5.69 Å². The molecule has 0 bridgehead atoms. The Bertz CT molecular complexity index is 967. The Morgan fingerprint density at radius 3 is 2.80 bits per heavy atom. The fraction of sp³-hybridized carbons (Fsp3) is 0.500. The summed E-state index contributed by atoms with van der Waals surface area (Å²) in [6.45, 7) is 1.94. The standard InChI is InChI=1S/C20H21F3N4O3/c21-20(22,23)19(29)30-18(28)17-15-5-4-13-11-25-8-6-14(13)16(15)26-27(17)9-1-7-24-10-12-2-3-12/h6,8,11-12,24H,1-5,7,9-10H2. The summed E-state index contributed by atoms with van der Waals surface area (Å²) < 4.78 is 43.2. The summed E-state index contributed by atoms with van der Waals surface area (Å²) in [7, 11) is 0. The van der Waals surface area contributed by atoms with Gasteiger partial charge < -0.3 is 10.1 Å². The van der Waals surface area contributed by atoms with Gasteiger partial charge >= 0.3 is 18.1 Å². The number of hydrogen-bond acceptors (Lipinski definition) is 6. The first-order chi connectivity index (χ1) is 14.3. The molecule has 2 heterocycles. The fourth-order valence-electron chi connectivity index (χ4n) is 3.63. The molecule has 1 fully saturated rings. The number of alkyl halides is 3. The van der Waals surface area contributed by atoms with E-state index < -0.39 is 18.1 Å². The van der Waals surface area contributed by atoms with Crippen molar-refractivity contribution in [1.82, 2.24) is 20.1 Å². The smallest absolute Gasteiger partial charge is 0.381 e. The summed E-state index contributed by atoms with van der Waals surface area (Å²) in [5, 5.41) is 7.82. The molecule has 1 N–H and O–H groups in total. The third kappa shape index (κ3) is 4.38. The van der Waals surface area contributed by atoms with Gasteiger partial charge in [-0.05, 0) is 62.7 Å². The maximum absolute atomic E-state index is 12.6. The van der Waals surface area contributed by atoms with Crippen molar-refractivity contribution in [2.75, 3.05) is 13.1 Å². The monoisotopic (exact) mass is 422 g/mol. The summed E-state index contributed by atoms with van der Waals surface area (Å²) in [6, 6.07) is 1.76. The van der Waals surface area contributed by atoms with Crippen LogP contribution in [0.3, 0.4) is 0 Å². The van der Waals surface area contributed by atoms with Crippen molar-refractivity contribution >= 4 is 11.9 Å². The van der Waals surface area contributed by atoms with Gasteiger partial charge in [0.2, 0.25) is 0 Å². The van der Waals surface area contributed by atoms with Gasteiger partial charge in [-0.25, -0.2) is 9.59 Å². The molecule has 0 atom stereocenters. The van der Waals surface area contributed by atoms with Crippen LogP contribution in [0.4, 0.5) is 13.2 Å². The summed E-state index contributed by atoms with van der Waals surface area (Å²) in [4.78, 5) is 27.8. The third-order valence-corrected chi connectivity index (χ3v) is 5.32. The number of nitrogens with one attached hydrogen (secondary N) is 1. The highest BCUT2D eigenvalue weighted by molar-refractivity contribution is 5.99. The quantitative estimate of drug-likeness (QED) is 0.420. The molecule has 0 amide bonds. The van der Waals surface area contributed by atoms with Gasteiger partial charge in [0.25, 0.3) is 0 Å². The second-order valence-electron chi connectivity index (χ2n) is 7.61. The molecule has 2 aliphatic rings. The molecule has 0 saturated heterocycles. The van der Waals surface area contributed by atoms with Crippen molar-refractivity contribution in [3.05, 3.63) is 35.3 Å². The number of esters is 2. The number of carbonyl (C=O) groups is 2. The van der Waals surface area contributed by atoms with Crippen LogP contribution in [0.15, 0.2) is 18.5 Å². The molecular weight excluding hydrogens is 401 g/mol. The van der Waals surface area contributed by atoms with Gasteiger partial charge in [-0.2, -0.15) is 18.3 Å². The van der Waals surface area contributed by atoms with E-state index in [1.165, 1.54) is 17.5 Å². The van der Waals surface area contributed by atoms with E-state index in [2.05, 4.69) is 20.1 Å². The van der Waals surface area contributed by atoms with Crippen LogP contribution >= 0.6 is 0 Å². The van der Waals surface area contributed by atoms with Gasteiger partial charge in [-0.1, -0.05) is 0 Å². The molecule has 10 heteroatoms. The van der Waals surface area contributed by atoms with Gasteiger partial charge in [0.15, 0.2) is 5.69 Å². The first-order valence-corrected chi connectivity index (χ1v) is 9.91. The molecule has 7 nitrogen and oxygen atoms in total. The van der Waals surface area contributed by atoms with Crippen molar-refractivity contribution in [3.63, 3.8) is 0 Å². The van der Waals surface area contributed by atoms with E-state index in [9.17, 15) is 22.8 Å². The Labute approximate surface area is 170 Å². The van der Waals surface area contributed by atoms with Gasteiger partial charge in [-0.15, -0.1) is 0 Å². The highest BCUT2D eigenvalue weighted by Gasteiger charge is 2.43. The molecule has 0 unspecified atom stereocenters. The minimum atomic E-state index is -5.24. The number of fused-ring (bicyclic) bond motifs is 3. The van der Waals surface area contributed by atoms with Crippen molar-refractivity contribution in [2.24, 2.45) is 5.92 Å². The van der Waals surface area contributed by atoms with Crippen LogP contribution in [0.5, 0.6) is 0 Å². The molecule has 2 aromatic heterocycles. The van der Waals surface area contributed by atoms with Crippen molar-refractivity contribution in [1.29, 1.82) is 0 Å². The zero-order valence-corrected chi connectivity index (χ0v) is 16.2. The van der Waals surface area contributed by atoms with Crippen molar-refractivity contribution in [3.8, 4) is 11.3 Å². The molecule has 0 spiro atoms. The maximum Gasteiger partial charge on any atom is 0.491 e. The third-order valence-electron chi connectivity index (χ3n) is 5.32. The van der Waals surface area contributed by atoms with Crippen LogP contribution in [-0.4, -0.2) is 46.0 Å². The van der Waals surface area contributed by atoms with Gasteiger partial charge in [-0.3, -0.25) is 9.67 Å². The number of hydrogen-bond donors (Lipinski definition) is 1. The zero-order valence-electron chi connectivity index (χ0n) is 16.2. The summed E-state index contributed by atoms with van der Waals surface area (Å²) >= 11 is 0. The number of rotatable bonds is 7. The lowest BCUT2D eigenvalue weighted by Crippen LogP contribution is -2.29. The summed E-state index contributed by atoms with van der Waals surface area (Å²) in [6.07, 6.45) is 2.13. The average molecular weight is 422 g/mol. The number of aryl methyl sites for hydroxylation is 2. The van der Waals surface area contributed by atoms with E-state index >= 15 is 0 Å². The second kappa shape index (κ2) is 8.17. The van der Waals surface area contributed by atoms with E-state index in [1.807, 2.05) is 0 Å². The van der Waals surface area contributed by atoms with E-state index in [0.29, 0.717) is 43.6 Å². The number of nitrogens with zero attached hydrogens (tertiary/aromatic N) is 3. The zero-order chi connectivity index (χ0) is 21.3. The normalized spacial score (nSPS) is 15.4. The Morgan fingerprint density at radius 2 is 2.07 bits per heavy atom. The first kappa shape index (κ1) is 20.5. The number of ether oxygens (including phenoxy) is 1. The number of pyridine rings is 1. The lowest BCUT2D eigenvalue weighted by Gasteiger charge is -2.15. The second-order valence-corrected chi connectivity index (χ2v) is 7.61. The molecular formula is C20H21F3N4O3. The average Bonchev–Trinajstić information content (AvgIpc) is 3.45. The Hall–Kier alpha value is -2.75. The molecule has 0 aliphatic heterocycles. The highest BCUT2D eigenvalue weighted by atomic mass is 19.4. The van der Waals surface area contributed by atoms with Crippen LogP contribution < -0.4 is 5.32 Å². The molecule has 30 heavy (non-hydrogen) atoms. The van der Waals surface area contributed by atoms with Gasteiger partial charge in [0.1, 0.15) is 0 Å². The van der Waals surface area contributed by atoms with E-state index in [4.69, 9.17) is 0 Å². The SMILES string of the molecule is O=C(OC(=O)C(F)(F)F)c1c2c(nn1CCCNCC1CC1)-c1ccncc1CC2.